The Morgan fingerprint density at radius 3 is 2.66 bits per heavy atom. The van der Waals surface area contributed by atoms with Gasteiger partial charge in [-0.05, 0) is 67.1 Å². The second-order valence-corrected chi connectivity index (χ2v) is 10.2. The van der Waals surface area contributed by atoms with E-state index in [0.29, 0.717) is 30.2 Å². The molecular weight excluding hydrogens is 366 g/mol. The highest BCUT2D eigenvalue weighted by Crippen LogP contribution is 2.43. The van der Waals surface area contributed by atoms with Gasteiger partial charge in [0.05, 0.1) is 0 Å². The van der Waals surface area contributed by atoms with Crippen molar-refractivity contribution in [3.8, 4) is 11.5 Å². The van der Waals surface area contributed by atoms with Gasteiger partial charge in [-0.1, -0.05) is 26.8 Å². The molecule has 1 aromatic rings. The lowest BCUT2D eigenvalue weighted by molar-refractivity contribution is -0.123. The van der Waals surface area contributed by atoms with E-state index in [-0.39, 0.29) is 18.1 Å². The number of hydrogen-bond acceptors (Lipinski definition) is 4. The van der Waals surface area contributed by atoms with Crippen molar-refractivity contribution in [1.82, 2.24) is 5.32 Å². The van der Waals surface area contributed by atoms with Crippen molar-refractivity contribution in [3.05, 3.63) is 23.8 Å². The predicted molar refractivity (Wildman–Crippen MR) is 112 cm³/mol. The molecule has 4 rings (SSSR count). The van der Waals surface area contributed by atoms with E-state index in [2.05, 4.69) is 38.2 Å². The summed E-state index contributed by atoms with van der Waals surface area (Å²) in [4.78, 5) is 12.8. The van der Waals surface area contributed by atoms with Crippen LogP contribution in [0.4, 0.5) is 0 Å². The molecule has 2 atom stereocenters. The topological polar surface area (TPSA) is 56.8 Å². The van der Waals surface area contributed by atoms with Crippen molar-refractivity contribution in [2.45, 2.75) is 64.7 Å². The minimum Gasteiger partial charge on any atom is -0.454 e. The minimum atomic E-state index is -0.103. The van der Waals surface area contributed by atoms with Gasteiger partial charge in [0, 0.05) is 31.6 Å². The fourth-order valence-corrected chi connectivity index (χ4v) is 5.86. The lowest BCUT2D eigenvalue weighted by atomic mass is 9.67. The summed E-state index contributed by atoms with van der Waals surface area (Å²) >= 11 is 0. The summed E-state index contributed by atoms with van der Waals surface area (Å²) in [6.45, 7) is 9.37. The van der Waals surface area contributed by atoms with Gasteiger partial charge in [-0.2, -0.15) is 0 Å². The quantitative estimate of drug-likeness (QED) is 0.793. The Bertz CT molecular complexity index is 738. The van der Waals surface area contributed by atoms with Crippen LogP contribution < -0.4 is 14.8 Å². The normalized spacial score (nSPS) is 27.4. The molecule has 1 aliphatic carbocycles. The summed E-state index contributed by atoms with van der Waals surface area (Å²) < 4.78 is 16.7. The standard InChI is InChI=1S/C24H35NO4/c1-17-10-18(14-23(2,3)13-17)11-22(26)25-15-24(6-8-27-9-7-24)19-4-5-20-21(12-19)29-16-28-20/h4-5,12,17-18H,6-11,13-16H2,1-3H3,(H,25,26)/t17-,18-/m0/s1. The first kappa shape index (κ1) is 20.5. The fourth-order valence-electron chi connectivity index (χ4n) is 5.86. The van der Waals surface area contributed by atoms with Gasteiger partial charge in [-0.3, -0.25) is 4.79 Å². The zero-order valence-corrected chi connectivity index (χ0v) is 18.1. The first-order valence-electron chi connectivity index (χ1n) is 11.1. The van der Waals surface area contributed by atoms with Crippen LogP contribution >= 0.6 is 0 Å². The van der Waals surface area contributed by atoms with Gasteiger partial charge in [-0.15, -0.1) is 0 Å². The first-order valence-corrected chi connectivity index (χ1v) is 11.1. The molecule has 1 saturated heterocycles. The lowest BCUT2D eigenvalue weighted by Crippen LogP contribution is -2.45. The summed E-state index contributed by atoms with van der Waals surface area (Å²) in [6.07, 6.45) is 6.02. The third-order valence-electron chi connectivity index (χ3n) is 7.01. The van der Waals surface area contributed by atoms with E-state index in [4.69, 9.17) is 14.2 Å². The second kappa shape index (κ2) is 8.17. The fraction of sp³-hybridized carbons (Fsp3) is 0.708. The maximum atomic E-state index is 12.8. The van der Waals surface area contributed by atoms with Crippen molar-refractivity contribution in [3.63, 3.8) is 0 Å². The molecule has 1 aromatic carbocycles. The molecule has 0 radical (unpaired) electrons. The van der Waals surface area contributed by atoms with E-state index < -0.39 is 0 Å². The van der Waals surface area contributed by atoms with Crippen LogP contribution in [0.3, 0.4) is 0 Å². The molecule has 0 aromatic heterocycles. The number of carbonyl (C=O) groups excluding carboxylic acids is 1. The Morgan fingerprint density at radius 1 is 1.14 bits per heavy atom. The van der Waals surface area contributed by atoms with Gasteiger partial charge in [0.2, 0.25) is 12.7 Å². The average molecular weight is 402 g/mol. The number of amides is 1. The molecule has 5 nitrogen and oxygen atoms in total. The molecule has 5 heteroatoms. The molecule has 3 aliphatic rings. The maximum absolute atomic E-state index is 12.8. The van der Waals surface area contributed by atoms with E-state index in [1.54, 1.807) is 0 Å². The maximum Gasteiger partial charge on any atom is 0.231 e. The van der Waals surface area contributed by atoms with Crippen LogP contribution in [0.25, 0.3) is 0 Å². The van der Waals surface area contributed by atoms with Crippen molar-refractivity contribution >= 4 is 5.91 Å². The molecule has 29 heavy (non-hydrogen) atoms. The highest BCUT2D eigenvalue weighted by Gasteiger charge is 2.37. The summed E-state index contributed by atoms with van der Waals surface area (Å²) in [5, 5.41) is 3.28. The Kier molecular flexibility index (Phi) is 5.78. The SMILES string of the molecule is C[C@H]1C[C@@H](CC(=O)NCC2(c3ccc4c(c3)OCO4)CCOCC2)CC(C)(C)C1. The van der Waals surface area contributed by atoms with Crippen molar-refractivity contribution < 1.29 is 19.0 Å². The van der Waals surface area contributed by atoms with Crippen LogP contribution in [0.5, 0.6) is 11.5 Å². The Morgan fingerprint density at radius 2 is 1.90 bits per heavy atom. The highest BCUT2D eigenvalue weighted by atomic mass is 16.7. The summed E-state index contributed by atoms with van der Waals surface area (Å²) in [7, 11) is 0. The first-order chi connectivity index (χ1) is 13.9. The van der Waals surface area contributed by atoms with Crippen molar-refractivity contribution in [2.75, 3.05) is 26.6 Å². The molecule has 0 bridgehead atoms. The molecule has 0 spiro atoms. The molecule has 1 N–H and O–H groups in total. The van der Waals surface area contributed by atoms with E-state index in [1.807, 2.05) is 6.07 Å². The predicted octanol–water partition coefficient (Wildman–Crippen LogP) is 4.43. The number of fused-ring (bicyclic) bond motifs is 1. The zero-order chi connectivity index (χ0) is 20.5. The number of carbonyl (C=O) groups is 1. The van der Waals surface area contributed by atoms with Crippen LogP contribution in [0.2, 0.25) is 0 Å². The number of ether oxygens (including phenoxy) is 3. The molecule has 2 fully saturated rings. The van der Waals surface area contributed by atoms with Crippen LogP contribution in [0.1, 0.15) is 64.9 Å². The van der Waals surface area contributed by atoms with Gasteiger partial charge in [0.1, 0.15) is 0 Å². The molecule has 1 amide bonds. The highest BCUT2D eigenvalue weighted by molar-refractivity contribution is 5.76. The van der Waals surface area contributed by atoms with E-state index in [1.165, 1.54) is 12.0 Å². The largest absolute Gasteiger partial charge is 0.454 e. The minimum absolute atomic E-state index is 0.103. The zero-order valence-electron chi connectivity index (χ0n) is 18.1. The number of rotatable bonds is 5. The second-order valence-electron chi connectivity index (χ2n) is 10.2. The number of hydrogen-bond donors (Lipinski definition) is 1. The lowest BCUT2D eigenvalue weighted by Gasteiger charge is -2.40. The molecule has 0 unspecified atom stereocenters. The van der Waals surface area contributed by atoms with Crippen LogP contribution in [-0.2, 0) is 14.9 Å². The van der Waals surface area contributed by atoms with Crippen LogP contribution in [0, 0.1) is 17.3 Å². The number of nitrogens with one attached hydrogen (secondary N) is 1. The smallest absolute Gasteiger partial charge is 0.231 e. The third-order valence-corrected chi connectivity index (χ3v) is 7.01. The third kappa shape index (κ3) is 4.71. The molecule has 2 heterocycles. The van der Waals surface area contributed by atoms with Gasteiger partial charge < -0.3 is 19.5 Å². The van der Waals surface area contributed by atoms with Gasteiger partial charge in [0.25, 0.3) is 0 Å². The van der Waals surface area contributed by atoms with E-state index in [0.717, 1.165) is 50.4 Å². The van der Waals surface area contributed by atoms with Crippen LogP contribution in [0.15, 0.2) is 18.2 Å². The van der Waals surface area contributed by atoms with Crippen molar-refractivity contribution in [1.29, 1.82) is 0 Å². The van der Waals surface area contributed by atoms with Gasteiger partial charge in [0.15, 0.2) is 11.5 Å². The van der Waals surface area contributed by atoms with Gasteiger partial charge in [-0.25, -0.2) is 0 Å². The van der Waals surface area contributed by atoms with E-state index in [9.17, 15) is 4.79 Å². The van der Waals surface area contributed by atoms with Crippen LogP contribution in [-0.4, -0.2) is 32.5 Å². The van der Waals surface area contributed by atoms with Gasteiger partial charge >= 0.3 is 0 Å². The van der Waals surface area contributed by atoms with E-state index >= 15 is 0 Å². The number of benzene rings is 1. The Labute approximate surface area is 174 Å². The summed E-state index contributed by atoms with van der Waals surface area (Å²) in [5.41, 5.74) is 1.45. The molecular formula is C24H35NO4. The van der Waals surface area contributed by atoms with Crippen molar-refractivity contribution in [2.24, 2.45) is 17.3 Å². The molecule has 1 saturated carbocycles. The Hall–Kier alpha value is -1.75. The monoisotopic (exact) mass is 401 g/mol. The molecule has 2 aliphatic heterocycles. The Balaban J connectivity index is 1.42. The summed E-state index contributed by atoms with van der Waals surface area (Å²) in [6, 6.07) is 6.20. The molecule has 160 valence electrons. The average Bonchev–Trinajstić information content (AvgIpc) is 3.13. The summed E-state index contributed by atoms with van der Waals surface area (Å²) in [5.74, 6) is 2.98.